The minimum atomic E-state index is -0.218. The number of benzene rings is 1. The van der Waals surface area contributed by atoms with Crippen molar-refractivity contribution in [2.45, 2.75) is 6.42 Å². The predicted octanol–water partition coefficient (Wildman–Crippen LogP) is 1.46. The highest BCUT2D eigenvalue weighted by Crippen LogP contribution is 2.17. The second kappa shape index (κ2) is 4.40. The van der Waals surface area contributed by atoms with Crippen molar-refractivity contribution in [2.24, 2.45) is 0 Å². The number of carbonyl (C=O) groups excluding carboxylic acids is 1. The fourth-order valence-electron chi connectivity index (χ4n) is 1.09. The lowest BCUT2D eigenvalue weighted by molar-refractivity contribution is -0.112. The van der Waals surface area contributed by atoms with Crippen molar-refractivity contribution in [3.63, 3.8) is 0 Å². The largest absolute Gasteiger partial charge is 0.496 e. The Hall–Kier alpha value is -1.64. The quantitative estimate of drug-likeness (QED) is 0.708. The maximum absolute atomic E-state index is 11.0. The van der Waals surface area contributed by atoms with Crippen molar-refractivity contribution in [1.82, 2.24) is 0 Å². The highest BCUT2D eigenvalue weighted by Gasteiger charge is 2.04. The Morgan fingerprint density at radius 3 is 2.85 bits per heavy atom. The van der Waals surface area contributed by atoms with Gasteiger partial charge < -0.3 is 10.1 Å². The summed E-state index contributed by atoms with van der Waals surface area (Å²) in [7, 11) is 1.56. The monoisotopic (exact) mass is 177 g/mol. The van der Waals surface area contributed by atoms with Gasteiger partial charge in [-0.05, 0) is 6.07 Å². The molecule has 3 nitrogen and oxygen atoms in total. The van der Waals surface area contributed by atoms with Crippen LogP contribution in [0.4, 0.5) is 0 Å². The number of methoxy groups -OCH3 is 1. The molecule has 0 amide bonds. The molecule has 0 unspecified atom stereocenters. The minimum Gasteiger partial charge on any atom is -0.496 e. The summed E-state index contributed by atoms with van der Waals surface area (Å²) in [4.78, 5) is 11.0. The van der Waals surface area contributed by atoms with Crippen LogP contribution in [0.25, 0.3) is 0 Å². The van der Waals surface area contributed by atoms with Gasteiger partial charge in [0.1, 0.15) is 5.75 Å². The van der Waals surface area contributed by atoms with Gasteiger partial charge in [-0.2, -0.15) is 0 Å². The maximum atomic E-state index is 11.0. The molecule has 0 radical (unpaired) electrons. The van der Waals surface area contributed by atoms with Crippen LogP contribution in [0, 0.1) is 5.41 Å². The van der Waals surface area contributed by atoms with Crippen molar-refractivity contribution in [1.29, 1.82) is 5.41 Å². The third kappa shape index (κ3) is 2.40. The van der Waals surface area contributed by atoms with Crippen LogP contribution in [-0.4, -0.2) is 19.1 Å². The van der Waals surface area contributed by atoms with E-state index >= 15 is 0 Å². The molecule has 0 bridgehead atoms. The third-order valence-electron chi connectivity index (χ3n) is 1.72. The molecule has 0 saturated carbocycles. The van der Waals surface area contributed by atoms with Crippen LogP contribution in [0.1, 0.15) is 5.56 Å². The third-order valence-corrected chi connectivity index (χ3v) is 1.72. The zero-order chi connectivity index (χ0) is 9.68. The SMILES string of the molecule is COc1ccccc1CC(=O)C=N. The Kier molecular flexibility index (Phi) is 3.20. The predicted molar refractivity (Wildman–Crippen MR) is 50.5 cm³/mol. The first-order valence-electron chi connectivity index (χ1n) is 3.93. The Balaban J connectivity index is 2.86. The molecule has 0 heterocycles. The molecule has 0 aliphatic carbocycles. The first-order chi connectivity index (χ1) is 6.27. The average molecular weight is 177 g/mol. The Bertz CT molecular complexity index is 320. The highest BCUT2D eigenvalue weighted by molar-refractivity contribution is 6.26. The molecule has 0 aliphatic heterocycles. The van der Waals surface area contributed by atoms with E-state index in [1.807, 2.05) is 18.2 Å². The van der Waals surface area contributed by atoms with E-state index in [4.69, 9.17) is 10.1 Å². The molecule has 3 heteroatoms. The van der Waals surface area contributed by atoms with Gasteiger partial charge in [-0.3, -0.25) is 4.79 Å². The van der Waals surface area contributed by atoms with Gasteiger partial charge in [0.15, 0.2) is 5.78 Å². The molecule has 0 atom stereocenters. The van der Waals surface area contributed by atoms with E-state index in [-0.39, 0.29) is 12.2 Å². The number of hydrogen-bond acceptors (Lipinski definition) is 3. The smallest absolute Gasteiger partial charge is 0.177 e. The molecule has 0 fully saturated rings. The standard InChI is InChI=1S/C10H11NO2/c1-13-10-5-3-2-4-8(10)6-9(12)7-11/h2-5,7,11H,6H2,1H3. The lowest BCUT2D eigenvalue weighted by Crippen LogP contribution is -2.04. The molecule has 1 aromatic carbocycles. The Morgan fingerprint density at radius 1 is 1.54 bits per heavy atom. The fraction of sp³-hybridized carbons (Fsp3) is 0.200. The number of hydrogen-bond donors (Lipinski definition) is 1. The Labute approximate surface area is 76.9 Å². The van der Waals surface area contributed by atoms with Crippen LogP contribution in [0.3, 0.4) is 0 Å². The highest BCUT2D eigenvalue weighted by atomic mass is 16.5. The summed E-state index contributed by atoms with van der Waals surface area (Å²) in [6.07, 6.45) is 1.06. The summed E-state index contributed by atoms with van der Waals surface area (Å²) < 4.78 is 5.06. The van der Waals surface area contributed by atoms with Crippen LogP contribution in [0.2, 0.25) is 0 Å². The zero-order valence-corrected chi connectivity index (χ0v) is 7.41. The molecule has 0 aromatic heterocycles. The van der Waals surface area contributed by atoms with Crippen molar-refractivity contribution >= 4 is 12.0 Å². The van der Waals surface area contributed by atoms with Gasteiger partial charge >= 0.3 is 0 Å². The van der Waals surface area contributed by atoms with E-state index in [2.05, 4.69) is 0 Å². The van der Waals surface area contributed by atoms with Crippen LogP contribution in [0.5, 0.6) is 5.75 Å². The average Bonchev–Trinajstić information content (AvgIpc) is 2.18. The van der Waals surface area contributed by atoms with E-state index in [0.29, 0.717) is 5.75 Å². The summed E-state index contributed by atoms with van der Waals surface area (Å²) in [5.41, 5.74) is 0.818. The lowest BCUT2D eigenvalue weighted by atomic mass is 10.1. The van der Waals surface area contributed by atoms with E-state index in [0.717, 1.165) is 11.8 Å². The van der Waals surface area contributed by atoms with Gasteiger partial charge in [0.25, 0.3) is 0 Å². The van der Waals surface area contributed by atoms with E-state index in [1.165, 1.54) is 0 Å². The number of rotatable bonds is 4. The van der Waals surface area contributed by atoms with Gasteiger partial charge in [0, 0.05) is 12.0 Å². The first-order valence-corrected chi connectivity index (χ1v) is 3.93. The van der Waals surface area contributed by atoms with Gasteiger partial charge in [0.05, 0.1) is 13.3 Å². The van der Waals surface area contributed by atoms with E-state index < -0.39 is 0 Å². The number of Topliss-reactive ketones (excluding diaryl/α,β-unsaturated/α-hetero) is 1. The van der Waals surface area contributed by atoms with Crippen LogP contribution < -0.4 is 4.74 Å². The first kappa shape index (κ1) is 9.45. The summed E-state index contributed by atoms with van der Waals surface area (Å²) in [5.74, 6) is 0.474. The summed E-state index contributed by atoms with van der Waals surface area (Å²) in [6.45, 7) is 0. The summed E-state index contributed by atoms with van der Waals surface area (Å²) in [5, 5.41) is 6.77. The Morgan fingerprint density at radius 2 is 2.23 bits per heavy atom. The number of ketones is 1. The van der Waals surface area contributed by atoms with E-state index in [9.17, 15) is 4.79 Å². The fourth-order valence-corrected chi connectivity index (χ4v) is 1.09. The van der Waals surface area contributed by atoms with Gasteiger partial charge in [-0.1, -0.05) is 18.2 Å². The van der Waals surface area contributed by atoms with Crippen LogP contribution in [0.15, 0.2) is 24.3 Å². The number of nitrogens with one attached hydrogen (secondary N) is 1. The second-order valence-corrected chi connectivity index (χ2v) is 2.60. The molecular weight excluding hydrogens is 166 g/mol. The molecule has 68 valence electrons. The number of para-hydroxylation sites is 1. The van der Waals surface area contributed by atoms with Crippen molar-refractivity contribution in [3.8, 4) is 5.75 Å². The molecule has 1 N–H and O–H groups in total. The molecule has 0 saturated heterocycles. The maximum Gasteiger partial charge on any atom is 0.177 e. The van der Waals surface area contributed by atoms with Crippen molar-refractivity contribution in [2.75, 3.05) is 7.11 Å². The summed E-state index contributed by atoms with van der Waals surface area (Å²) in [6, 6.07) is 7.30. The van der Waals surface area contributed by atoms with E-state index in [1.54, 1.807) is 13.2 Å². The number of carbonyl (C=O) groups is 1. The van der Waals surface area contributed by atoms with Crippen LogP contribution in [-0.2, 0) is 11.2 Å². The molecule has 1 aromatic rings. The molecular formula is C10H11NO2. The van der Waals surface area contributed by atoms with Gasteiger partial charge in [-0.25, -0.2) is 0 Å². The summed E-state index contributed by atoms with van der Waals surface area (Å²) >= 11 is 0. The lowest BCUT2D eigenvalue weighted by Gasteiger charge is -2.05. The van der Waals surface area contributed by atoms with Crippen molar-refractivity contribution < 1.29 is 9.53 Å². The molecule has 13 heavy (non-hydrogen) atoms. The molecule has 0 aliphatic rings. The minimum absolute atomic E-state index is 0.218. The zero-order valence-electron chi connectivity index (χ0n) is 7.41. The number of ether oxygens (including phenoxy) is 1. The normalized spacial score (nSPS) is 9.31. The topological polar surface area (TPSA) is 50.2 Å². The van der Waals surface area contributed by atoms with Gasteiger partial charge in [0.2, 0.25) is 0 Å². The van der Waals surface area contributed by atoms with Crippen LogP contribution >= 0.6 is 0 Å². The molecule has 0 spiro atoms. The molecule has 1 rings (SSSR count). The van der Waals surface area contributed by atoms with Crippen molar-refractivity contribution in [3.05, 3.63) is 29.8 Å². The van der Waals surface area contributed by atoms with Gasteiger partial charge in [-0.15, -0.1) is 0 Å². The second-order valence-electron chi connectivity index (χ2n) is 2.60.